The first-order chi connectivity index (χ1) is 11.5. The Bertz CT molecular complexity index is 962. The molecular weight excluding hydrogens is 310 g/mol. The molecule has 6 nitrogen and oxygen atoms in total. The number of pyridine rings is 1. The monoisotopic (exact) mass is 327 g/mol. The minimum Gasteiger partial charge on any atom is -0.507 e. The molecule has 3 rings (SSSR count). The molecule has 0 saturated carbocycles. The van der Waals surface area contributed by atoms with Gasteiger partial charge < -0.3 is 19.4 Å². The molecule has 24 heavy (non-hydrogen) atoms. The number of aromatic hydroxyl groups is 2. The fourth-order valence-electron chi connectivity index (χ4n) is 2.66. The van der Waals surface area contributed by atoms with Crippen LogP contribution < -0.4 is 10.4 Å². The predicted octanol–water partition coefficient (Wildman–Crippen LogP) is 2.76. The molecule has 0 spiro atoms. The second kappa shape index (κ2) is 6.23. The Balaban J connectivity index is 2.17. The van der Waals surface area contributed by atoms with Gasteiger partial charge in [-0.25, -0.2) is 4.79 Å². The minimum atomic E-state index is -0.625. The van der Waals surface area contributed by atoms with Crippen molar-refractivity contribution in [2.45, 2.75) is 19.8 Å². The van der Waals surface area contributed by atoms with E-state index in [1.165, 1.54) is 19.4 Å². The summed E-state index contributed by atoms with van der Waals surface area (Å²) in [5, 5.41) is 22.0. The van der Waals surface area contributed by atoms with Crippen molar-refractivity contribution in [1.29, 1.82) is 0 Å². The first-order valence-corrected chi connectivity index (χ1v) is 7.52. The number of benzene rings is 1. The average molecular weight is 327 g/mol. The van der Waals surface area contributed by atoms with Crippen LogP contribution in [0.3, 0.4) is 0 Å². The van der Waals surface area contributed by atoms with Crippen molar-refractivity contribution < 1.29 is 19.4 Å². The summed E-state index contributed by atoms with van der Waals surface area (Å²) in [4.78, 5) is 16.1. The maximum Gasteiger partial charge on any atom is 0.343 e. The Kier molecular flexibility index (Phi) is 4.12. The van der Waals surface area contributed by atoms with Crippen molar-refractivity contribution in [2.75, 3.05) is 7.11 Å². The van der Waals surface area contributed by atoms with Crippen LogP contribution in [0.2, 0.25) is 0 Å². The Labute approximate surface area is 138 Å². The van der Waals surface area contributed by atoms with Crippen molar-refractivity contribution in [1.82, 2.24) is 4.98 Å². The van der Waals surface area contributed by atoms with Gasteiger partial charge in [-0.15, -0.1) is 0 Å². The van der Waals surface area contributed by atoms with Gasteiger partial charge in [0.25, 0.3) is 0 Å². The number of ether oxygens (including phenoxy) is 1. The van der Waals surface area contributed by atoms with Crippen LogP contribution in [0, 0.1) is 0 Å². The van der Waals surface area contributed by atoms with Gasteiger partial charge in [0.15, 0.2) is 0 Å². The molecule has 3 aromatic rings. The molecule has 0 fully saturated rings. The van der Waals surface area contributed by atoms with Gasteiger partial charge in [0, 0.05) is 42.3 Å². The summed E-state index contributed by atoms with van der Waals surface area (Å²) in [6.07, 6.45) is 3.64. The summed E-state index contributed by atoms with van der Waals surface area (Å²) in [7, 11) is 1.48. The molecular formula is C18H17NO5. The van der Waals surface area contributed by atoms with Crippen LogP contribution in [-0.4, -0.2) is 22.3 Å². The highest BCUT2D eigenvalue weighted by atomic mass is 16.5. The molecule has 0 atom stereocenters. The largest absolute Gasteiger partial charge is 0.507 e. The number of aromatic nitrogens is 1. The molecule has 124 valence electrons. The Morgan fingerprint density at radius 1 is 1.25 bits per heavy atom. The zero-order valence-corrected chi connectivity index (χ0v) is 13.4. The molecule has 2 heterocycles. The highest BCUT2D eigenvalue weighted by Gasteiger charge is 2.19. The standard InChI is InChI=1S/C18H17NO5/c1-3-11-7-15(20)12(18(22)24-11)8-13-16(23-2)6-10-4-5-19-9-14(10)17(13)21/h4-7,9,20-21H,3,8H2,1-2H3. The number of rotatable bonds is 4. The molecule has 0 saturated heterocycles. The van der Waals surface area contributed by atoms with Crippen molar-refractivity contribution in [3.8, 4) is 17.2 Å². The van der Waals surface area contributed by atoms with Crippen LogP contribution in [0.25, 0.3) is 10.8 Å². The smallest absolute Gasteiger partial charge is 0.343 e. The number of nitrogens with zero attached hydrogens (tertiary/aromatic N) is 1. The van der Waals surface area contributed by atoms with E-state index < -0.39 is 5.63 Å². The number of fused-ring (bicyclic) bond motifs is 1. The SMILES string of the molecule is CCc1cc(O)c(Cc2c(OC)cc3ccncc3c2O)c(=O)o1. The summed E-state index contributed by atoms with van der Waals surface area (Å²) in [6, 6.07) is 4.93. The van der Waals surface area contributed by atoms with Crippen molar-refractivity contribution >= 4 is 10.8 Å². The number of phenols is 1. The zero-order chi connectivity index (χ0) is 17.3. The predicted molar refractivity (Wildman–Crippen MR) is 88.8 cm³/mol. The number of methoxy groups -OCH3 is 1. The van der Waals surface area contributed by atoms with Crippen molar-refractivity contribution in [2.24, 2.45) is 0 Å². The van der Waals surface area contributed by atoms with Gasteiger partial charge >= 0.3 is 5.63 Å². The van der Waals surface area contributed by atoms with E-state index in [0.717, 1.165) is 5.39 Å². The fraction of sp³-hybridized carbons (Fsp3) is 0.222. The normalized spacial score (nSPS) is 10.9. The van der Waals surface area contributed by atoms with Crippen LogP contribution >= 0.6 is 0 Å². The first kappa shape index (κ1) is 15.9. The van der Waals surface area contributed by atoms with Gasteiger partial charge in [-0.3, -0.25) is 4.98 Å². The lowest BCUT2D eigenvalue weighted by molar-refractivity contribution is 0.398. The van der Waals surface area contributed by atoms with Gasteiger partial charge in [0.2, 0.25) is 0 Å². The van der Waals surface area contributed by atoms with Crippen LogP contribution in [-0.2, 0) is 12.8 Å². The second-order valence-electron chi connectivity index (χ2n) is 5.40. The highest BCUT2D eigenvalue weighted by molar-refractivity contribution is 5.90. The highest BCUT2D eigenvalue weighted by Crippen LogP contribution is 2.37. The first-order valence-electron chi connectivity index (χ1n) is 7.52. The van der Waals surface area contributed by atoms with Crippen molar-refractivity contribution in [3.05, 3.63) is 57.9 Å². The Morgan fingerprint density at radius 2 is 2.04 bits per heavy atom. The maximum absolute atomic E-state index is 12.1. The number of phenolic OH excluding ortho intramolecular Hbond substituents is 1. The molecule has 0 bridgehead atoms. The van der Waals surface area contributed by atoms with Gasteiger partial charge in [-0.1, -0.05) is 6.92 Å². The summed E-state index contributed by atoms with van der Waals surface area (Å²) >= 11 is 0. The number of hydrogen-bond donors (Lipinski definition) is 2. The van der Waals surface area contributed by atoms with Crippen molar-refractivity contribution in [3.63, 3.8) is 0 Å². The van der Waals surface area contributed by atoms with Crippen LogP contribution in [0.1, 0.15) is 23.8 Å². The number of hydrogen-bond acceptors (Lipinski definition) is 6. The molecule has 2 aromatic heterocycles. The topological polar surface area (TPSA) is 92.8 Å². The van der Waals surface area contributed by atoms with Crippen LogP contribution in [0.4, 0.5) is 0 Å². The van der Waals surface area contributed by atoms with Gasteiger partial charge in [-0.2, -0.15) is 0 Å². The minimum absolute atomic E-state index is 0.0159. The molecule has 6 heteroatoms. The van der Waals surface area contributed by atoms with Crippen LogP contribution in [0.5, 0.6) is 17.2 Å². The molecule has 0 aliphatic carbocycles. The summed E-state index contributed by atoms with van der Waals surface area (Å²) in [5.74, 6) is 0.636. The lowest BCUT2D eigenvalue weighted by atomic mass is 9.99. The van der Waals surface area contributed by atoms with E-state index in [1.54, 1.807) is 18.3 Å². The maximum atomic E-state index is 12.1. The Hall–Kier alpha value is -3.02. The molecule has 0 aliphatic heterocycles. The van der Waals surface area contributed by atoms with E-state index in [-0.39, 0.29) is 23.5 Å². The third-order valence-corrected chi connectivity index (χ3v) is 3.98. The lowest BCUT2D eigenvalue weighted by Gasteiger charge is -2.13. The Morgan fingerprint density at radius 3 is 2.71 bits per heavy atom. The third kappa shape index (κ3) is 2.67. The third-order valence-electron chi connectivity index (χ3n) is 3.98. The second-order valence-corrected chi connectivity index (χ2v) is 5.40. The molecule has 2 N–H and O–H groups in total. The van der Waals surface area contributed by atoms with Gasteiger partial charge in [-0.05, 0) is 17.5 Å². The molecule has 0 unspecified atom stereocenters. The summed E-state index contributed by atoms with van der Waals surface area (Å²) in [5.41, 5.74) is -0.159. The number of aryl methyl sites for hydroxylation is 1. The molecule has 1 aromatic carbocycles. The molecule has 0 aliphatic rings. The molecule has 0 radical (unpaired) electrons. The average Bonchev–Trinajstić information content (AvgIpc) is 2.59. The van der Waals surface area contributed by atoms with E-state index >= 15 is 0 Å². The van der Waals surface area contributed by atoms with E-state index in [9.17, 15) is 15.0 Å². The fourth-order valence-corrected chi connectivity index (χ4v) is 2.66. The van der Waals surface area contributed by atoms with E-state index in [0.29, 0.717) is 28.9 Å². The van der Waals surface area contributed by atoms with E-state index in [1.807, 2.05) is 6.92 Å². The van der Waals surface area contributed by atoms with Gasteiger partial charge in [0.1, 0.15) is 23.0 Å². The van der Waals surface area contributed by atoms with E-state index in [2.05, 4.69) is 4.98 Å². The zero-order valence-electron chi connectivity index (χ0n) is 13.4. The summed E-state index contributed by atoms with van der Waals surface area (Å²) < 4.78 is 10.5. The summed E-state index contributed by atoms with van der Waals surface area (Å²) in [6.45, 7) is 1.82. The van der Waals surface area contributed by atoms with E-state index in [4.69, 9.17) is 9.15 Å². The van der Waals surface area contributed by atoms with Gasteiger partial charge in [0.05, 0.1) is 12.7 Å². The quantitative estimate of drug-likeness (QED) is 0.765. The van der Waals surface area contributed by atoms with Crippen LogP contribution in [0.15, 0.2) is 39.8 Å². The lowest BCUT2D eigenvalue weighted by Crippen LogP contribution is -2.10. The molecule has 0 amide bonds.